The Balaban J connectivity index is 1.50. The van der Waals surface area contributed by atoms with E-state index in [2.05, 4.69) is 5.10 Å². The van der Waals surface area contributed by atoms with Crippen LogP contribution in [-0.2, 0) is 9.59 Å². The lowest BCUT2D eigenvalue weighted by atomic mass is 9.83. The minimum atomic E-state index is -0.989. The van der Waals surface area contributed by atoms with Crippen molar-refractivity contribution < 1.29 is 19.3 Å². The Hall–Kier alpha value is -4.66. The van der Waals surface area contributed by atoms with E-state index in [9.17, 15) is 24.5 Å². The average Bonchev–Trinajstić information content (AvgIpc) is 3.36. The van der Waals surface area contributed by atoms with Crippen LogP contribution in [0.15, 0.2) is 84.0 Å². The lowest BCUT2D eigenvalue weighted by molar-refractivity contribution is -0.384. The first-order chi connectivity index (χ1) is 17.0. The number of carbonyl (C=O) groups excluding carboxylic acids is 3. The number of hydrazone groups is 1. The van der Waals surface area contributed by atoms with Gasteiger partial charge in [-0.3, -0.25) is 29.5 Å². The number of rotatable bonds is 4. The first kappa shape index (κ1) is 20.9. The zero-order valence-electron chi connectivity index (χ0n) is 18.2. The molecule has 2 saturated heterocycles. The van der Waals surface area contributed by atoms with E-state index < -0.39 is 40.7 Å². The number of benzene rings is 3. The number of imide groups is 1. The van der Waals surface area contributed by atoms with E-state index in [0.29, 0.717) is 5.56 Å². The highest BCUT2D eigenvalue weighted by Gasteiger charge is 2.65. The molecular formula is C26H18N4O5. The predicted octanol–water partition coefficient (Wildman–Crippen LogP) is 3.36. The average molecular weight is 466 g/mol. The topological polar surface area (TPSA) is 113 Å². The van der Waals surface area contributed by atoms with Gasteiger partial charge in [-0.15, -0.1) is 0 Å². The summed E-state index contributed by atoms with van der Waals surface area (Å²) in [6, 6.07) is 19.9. The van der Waals surface area contributed by atoms with Crippen molar-refractivity contribution in [1.82, 2.24) is 5.01 Å². The molecule has 3 aromatic rings. The van der Waals surface area contributed by atoms with Crippen LogP contribution in [0.5, 0.6) is 0 Å². The quantitative estimate of drug-likeness (QED) is 0.252. The third kappa shape index (κ3) is 3.01. The molecule has 0 N–H and O–H groups in total. The van der Waals surface area contributed by atoms with Crippen LogP contribution in [0.1, 0.15) is 27.5 Å². The van der Waals surface area contributed by atoms with Gasteiger partial charge < -0.3 is 0 Å². The fraction of sp³-hybridized carbons (Fsp3) is 0.154. The highest BCUT2D eigenvalue weighted by atomic mass is 16.6. The molecule has 35 heavy (non-hydrogen) atoms. The second-order valence-corrected chi connectivity index (χ2v) is 8.71. The highest BCUT2D eigenvalue weighted by molar-refractivity contribution is 6.24. The van der Waals surface area contributed by atoms with Crippen molar-refractivity contribution in [3.05, 3.63) is 106 Å². The fourth-order valence-electron chi connectivity index (χ4n) is 5.44. The number of nitro groups is 1. The highest BCUT2D eigenvalue weighted by Crippen LogP contribution is 2.53. The van der Waals surface area contributed by atoms with E-state index in [0.717, 1.165) is 16.0 Å². The molecule has 3 aliphatic heterocycles. The number of hydrogen-bond donors (Lipinski definition) is 0. The summed E-state index contributed by atoms with van der Waals surface area (Å²) in [6.07, 6.45) is 1.64. The van der Waals surface area contributed by atoms with Gasteiger partial charge in [-0.25, -0.2) is 4.90 Å². The number of amides is 2. The molecule has 0 aliphatic carbocycles. The number of hydrogen-bond acceptors (Lipinski definition) is 7. The Labute approximate surface area is 199 Å². The molecule has 2 fully saturated rings. The van der Waals surface area contributed by atoms with Gasteiger partial charge in [0.1, 0.15) is 6.04 Å². The fourth-order valence-corrected chi connectivity index (χ4v) is 5.44. The Morgan fingerprint density at radius 1 is 0.886 bits per heavy atom. The molecule has 0 unspecified atom stereocenters. The van der Waals surface area contributed by atoms with Gasteiger partial charge in [-0.1, -0.05) is 60.7 Å². The molecule has 0 aromatic heterocycles. The second-order valence-electron chi connectivity index (χ2n) is 8.71. The Morgan fingerprint density at radius 2 is 1.60 bits per heavy atom. The van der Waals surface area contributed by atoms with Crippen LogP contribution in [0.2, 0.25) is 0 Å². The molecule has 3 heterocycles. The minimum Gasteiger partial charge on any atom is -0.292 e. The zero-order valence-corrected chi connectivity index (χ0v) is 18.2. The van der Waals surface area contributed by atoms with Crippen molar-refractivity contribution in [1.29, 1.82) is 0 Å². The number of non-ortho nitro benzene ring substituents is 1. The smallest absolute Gasteiger partial charge is 0.271 e. The van der Waals surface area contributed by atoms with Crippen LogP contribution < -0.4 is 4.90 Å². The molecule has 2 amide bonds. The van der Waals surface area contributed by atoms with Gasteiger partial charge in [0.2, 0.25) is 11.8 Å². The van der Waals surface area contributed by atoms with E-state index >= 15 is 0 Å². The summed E-state index contributed by atoms with van der Waals surface area (Å²) in [6.45, 7) is 0. The van der Waals surface area contributed by atoms with Crippen molar-refractivity contribution in [3.63, 3.8) is 0 Å². The van der Waals surface area contributed by atoms with Gasteiger partial charge in [0.15, 0.2) is 5.78 Å². The van der Waals surface area contributed by atoms with Crippen molar-refractivity contribution >= 4 is 35.2 Å². The zero-order chi connectivity index (χ0) is 24.3. The van der Waals surface area contributed by atoms with Crippen LogP contribution in [0.4, 0.5) is 11.4 Å². The number of ketones is 1. The van der Waals surface area contributed by atoms with E-state index in [1.165, 1.54) is 24.3 Å². The third-order valence-corrected chi connectivity index (χ3v) is 6.92. The van der Waals surface area contributed by atoms with E-state index in [-0.39, 0.29) is 17.2 Å². The van der Waals surface area contributed by atoms with Gasteiger partial charge in [-0.2, -0.15) is 5.10 Å². The van der Waals surface area contributed by atoms with E-state index in [1.807, 2.05) is 24.3 Å². The van der Waals surface area contributed by atoms with Crippen molar-refractivity contribution in [2.24, 2.45) is 16.9 Å². The lowest BCUT2D eigenvalue weighted by Gasteiger charge is -2.33. The largest absolute Gasteiger partial charge is 0.292 e. The summed E-state index contributed by atoms with van der Waals surface area (Å²) in [7, 11) is 0. The SMILES string of the molecule is O=C(c1ccccc1)[C@@H]1[C@H]2C(=O)N(c3cccc([N+](=O)[O-])c3)C(=O)[C@@H]2[C@H]2c3ccccc3C=NN12. The first-order valence-corrected chi connectivity index (χ1v) is 11.1. The summed E-state index contributed by atoms with van der Waals surface area (Å²) in [5.41, 5.74) is 1.93. The normalized spacial score (nSPS) is 24.2. The number of anilines is 1. The Kier molecular flexibility index (Phi) is 4.60. The monoisotopic (exact) mass is 466 g/mol. The predicted molar refractivity (Wildman–Crippen MR) is 126 cm³/mol. The van der Waals surface area contributed by atoms with Gasteiger partial charge >= 0.3 is 0 Å². The molecule has 3 aliphatic rings. The maximum Gasteiger partial charge on any atom is 0.271 e. The summed E-state index contributed by atoms with van der Waals surface area (Å²) in [5.74, 6) is -3.20. The molecule has 3 aromatic carbocycles. The van der Waals surface area contributed by atoms with E-state index in [4.69, 9.17) is 0 Å². The molecule has 9 heteroatoms. The molecule has 0 saturated carbocycles. The number of nitro benzene ring substituents is 1. The molecule has 6 rings (SSSR count). The number of nitrogens with zero attached hydrogens (tertiary/aromatic N) is 4. The molecule has 4 atom stereocenters. The van der Waals surface area contributed by atoms with Gasteiger partial charge in [-0.05, 0) is 17.2 Å². The Bertz CT molecular complexity index is 1440. The van der Waals surface area contributed by atoms with Crippen LogP contribution in [0.3, 0.4) is 0 Å². The molecule has 172 valence electrons. The maximum absolute atomic E-state index is 13.8. The summed E-state index contributed by atoms with van der Waals surface area (Å²) in [4.78, 5) is 53.0. The summed E-state index contributed by atoms with van der Waals surface area (Å²) in [5, 5.41) is 17.4. The van der Waals surface area contributed by atoms with Crippen LogP contribution in [0.25, 0.3) is 0 Å². The van der Waals surface area contributed by atoms with Gasteiger partial charge in [0.05, 0.1) is 34.7 Å². The van der Waals surface area contributed by atoms with Crippen LogP contribution >= 0.6 is 0 Å². The summed E-state index contributed by atoms with van der Waals surface area (Å²) < 4.78 is 0. The third-order valence-electron chi connectivity index (χ3n) is 6.92. The van der Waals surface area contributed by atoms with Crippen LogP contribution in [0, 0.1) is 22.0 Å². The molecule has 0 radical (unpaired) electrons. The number of fused-ring (bicyclic) bond motifs is 5. The van der Waals surface area contributed by atoms with Crippen LogP contribution in [-0.4, -0.2) is 39.8 Å². The van der Waals surface area contributed by atoms with Gasteiger partial charge in [0, 0.05) is 17.7 Å². The molecule has 0 spiro atoms. The summed E-state index contributed by atoms with van der Waals surface area (Å²) >= 11 is 0. The maximum atomic E-state index is 13.8. The van der Waals surface area contributed by atoms with Crippen molar-refractivity contribution in [2.75, 3.05) is 4.90 Å². The van der Waals surface area contributed by atoms with Crippen molar-refractivity contribution in [2.45, 2.75) is 12.1 Å². The van der Waals surface area contributed by atoms with Gasteiger partial charge in [0.25, 0.3) is 5.69 Å². The number of carbonyl (C=O) groups is 3. The Morgan fingerprint density at radius 3 is 2.37 bits per heavy atom. The molecular weight excluding hydrogens is 448 g/mol. The molecule has 0 bridgehead atoms. The minimum absolute atomic E-state index is 0.119. The first-order valence-electron chi connectivity index (χ1n) is 11.1. The number of Topliss-reactive ketones (excluding diaryl/α,β-unsaturated/α-hetero) is 1. The van der Waals surface area contributed by atoms with Crippen molar-refractivity contribution in [3.8, 4) is 0 Å². The molecule has 9 nitrogen and oxygen atoms in total. The standard InChI is InChI=1S/C26H18N4O5/c31-24(15-7-2-1-3-8-15)23-21-20(22-19-12-5-4-9-16(19)14-27-29(22)23)25(32)28(26(21)33)17-10-6-11-18(13-17)30(34)35/h1-14,20-23H/t20-,21-,22+,23-/m0/s1. The second kappa shape index (κ2) is 7.69. The lowest BCUT2D eigenvalue weighted by Crippen LogP contribution is -2.44. The van der Waals surface area contributed by atoms with E-state index in [1.54, 1.807) is 41.6 Å².